The molecule has 1 heterocycles. The van der Waals surface area contributed by atoms with Gasteiger partial charge >= 0.3 is 0 Å². The first-order valence-corrected chi connectivity index (χ1v) is 10.1. The van der Waals surface area contributed by atoms with Crippen molar-refractivity contribution in [1.29, 1.82) is 0 Å². The second-order valence-electron chi connectivity index (χ2n) is 7.00. The Kier molecular flexibility index (Phi) is 5.83. The van der Waals surface area contributed by atoms with Crippen LogP contribution >= 0.6 is 11.6 Å². The molecule has 4 aromatic rings. The monoisotopic (exact) mass is 449 g/mol. The molecule has 0 saturated carbocycles. The topological polar surface area (TPSA) is 82.5 Å². The van der Waals surface area contributed by atoms with E-state index in [2.05, 4.69) is 10.3 Å². The zero-order valence-electron chi connectivity index (χ0n) is 17.7. The summed E-state index contributed by atoms with van der Waals surface area (Å²) < 4.78 is 12.0. The summed E-state index contributed by atoms with van der Waals surface area (Å²) in [6.07, 6.45) is 0. The number of benzene rings is 3. The summed E-state index contributed by atoms with van der Waals surface area (Å²) in [6, 6.07) is 17.0. The zero-order chi connectivity index (χ0) is 22.8. The standard InChI is InChI=1S/C24H20ClN3O4/c1-14-26-19-7-5-4-6-17(19)24(30)28(14)16-9-10-18(25)20(13-16)27-23(29)15-8-11-21(31-2)22(12-15)32-3/h4-13H,1-3H3,(H,27,29). The van der Waals surface area contributed by atoms with Crippen molar-refractivity contribution in [3.05, 3.63) is 87.4 Å². The van der Waals surface area contributed by atoms with Crippen molar-refractivity contribution >= 4 is 34.1 Å². The molecule has 0 aliphatic rings. The van der Waals surface area contributed by atoms with Gasteiger partial charge in [-0.25, -0.2) is 4.98 Å². The third kappa shape index (κ3) is 3.90. The average molecular weight is 450 g/mol. The summed E-state index contributed by atoms with van der Waals surface area (Å²) >= 11 is 6.33. The number of ether oxygens (including phenoxy) is 2. The number of methoxy groups -OCH3 is 2. The fourth-order valence-corrected chi connectivity index (χ4v) is 3.63. The quantitative estimate of drug-likeness (QED) is 0.481. The molecule has 0 spiro atoms. The number of carbonyl (C=O) groups is 1. The van der Waals surface area contributed by atoms with Crippen molar-refractivity contribution < 1.29 is 14.3 Å². The largest absolute Gasteiger partial charge is 0.493 e. The first kappa shape index (κ1) is 21.4. The maximum absolute atomic E-state index is 13.1. The van der Waals surface area contributed by atoms with E-state index in [-0.39, 0.29) is 11.5 Å². The number of amides is 1. The number of halogens is 1. The van der Waals surface area contributed by atoms with Crippen LogP contribution in [0.25, 0.3) is 16.6 Å². The number of rotatable bonds is 5. The molecule has 0 saturated heterocycles. The highest BCUT2D eigenvalue weighted by Crippen LogP contribution is 2.29. The van der Waals surface area contributed by atoms with Crippen molar-refractivity contribution in [2.75, 3.05) is 19.5 Å². The number of aromatic nitrogens is 2. The number of nitrogens with one attached hydrogen (secondary N) is 1. The predicted molar refractivity (Wildman–Crippen MR) is 125 cm³/mol. The van der Waals surface area contributed by atoms with Crippen molar-refractivity contribution in [2.24, 2.45) is 0 Å². The molecule has 0 aliphatic heterocycles. The molecule has 3 aromatic carbocycles. The minimum atomic E-state index is -0.384. The van der Waals surface area contributed by atoms with Crippen LogP contribution in [0.1, 0.15) is 16.2 Å². The number of carbonyl (C=O) groups excluding carboxylic acids is 1. The summed E-state index contributed by atoms with van der Waals surface area (Å²) in [5.41, 5.74) is 1.70. The van der Waals surface area contributed by atoms with Crippen molar-refractivity contribution in [3.63, 3.8) is 0 Å². The van der Waals surface area contributed by atoms with Crippen molar-refractivity contribution in [2.45, 2.75) is 6.92 Å². The van der Waals surface area contributed by atoms with E-state index >= 15 is 0 Å². The van der Waals surface area contributed by atoms with Crippen LogP contribution in [-0.2, 0) is 0 Å². The number of fused-ring (bicyclic) bond motifs is 1. The number of anilines is 1. The van der Waals surface area contributed by atoms with Gasteiger partial charge < -0.3 is 14.8 Å². The lowest BCUT2D eigenvalue weighted by atomic mass is 10.1. The van der Waals surface area contributed by atoms with E-state index in [0.717, 1.165) is 0 Å². The van der Waals surface area contributed by atoms with E-state index < -0.39 is 0 Å². The number of hydrogen-bond donors (Lipinski definition) is 1. The normalized spacial score (nSPS) is 10.8. The lowest BCUT2D eigenvalue weighted by molar-refractivity contribution is 0.102. The van der Waals surface area contributed by atoms with E-state index in [9.17, 15) is 9.59 Å². The first-order valence-electron chi connectivity index (χ1n) is 9.74. The van der Waals surface area contributed by atoms with E-state index in [0.29, 0.717) is 50.2 Å². The fourth-order valence-electron chi connectivity index (χ4n) is 3.47. The summed E-state index contributed by atoms with van der Waals surface area (Å²) in [7, 11) is 3.02. The Labute approximate surface area is 189 Å². The second kappa shape index (κ2) is 8.72. The van der Waals surface area contributed by atoms with Crippen LogP contribution in [-0.4, -0.2) is 29.7 Å². The van der Waals surface area contributed by atoms with Gasteiger partial charge in [0.2, 0.25) is 0 Å². The molecular formula is C24H20ClN3O4. The Morgan fingerprint density at radius 2 is 1.75 bits per heavy atom. The Morgan fingerprint density at radius 1 is 1.00 bits per heavy atom. The van der Waals surface area contributed by atoms with Gasteiger partial charge in [0.25, 0.3) is 11.5 Å². The number of aryl methyl sites for hydroxylation is 1. The van der Waals surface area contributed by atoms with Gasteiger partial charge in [-0.2, -0.15) is 0 Å². The van der Waals surface area contributed by atoms with E-state index in [4.69, 9.17) is 21.1 Å². The van der Waals surface area contributed by atoms with Crippen LogP contribution < -0.4 is 20.3 Å². The van der Waals surface area contributed by atoms with Gasteiger partial charge in [0.1, 0.15) is 5.82 Å². The summed E-state index contributed by atoms with van der Waals surface area (Å²) in [5.74, 6) is 1.09. The number of para-hydroxylation sites is 1. The Balaban J connectivity index is 1.72. The molecule has 0 atom stereocenters. The van der Waals surface area contributed by atoms with E-state index in [1.165, 1.54) is 18.8 Å². The van der Waals surface area contributed by atoms with Gasteiger partial charge in [0.05, 0.1) is 41.5 Å². The lowest BCUT2D eigenvalue weighted by Crippen LogP contribution is -2.22. The smallest absolute Gasteiger partial charge is 0.265 e. The second-order valence-corrected chi connectivity index (χ2v) is 7.41. The lowest BCUT2D eigenvalue weighted by Gasteiger charge is -2.14. The van der Waals surface area contributed by atoms with Gasteiger partial charge in [-0.05, 0) is 55.5 Å². The third-order valence-corrected chi connectivity index (χ3v) is 5.38. The molecule has 0 unspecified atom stereocenters. The van der Waals surface area contributed by atoms with Crippen molar-refractivity contribution in [1.82, 2.24) is 9.55 Å². The summed E-state index contributed by atoms with van der Waals surface area (Å²) in [4.78, 5) is 30.5. The highest BCUT2D eigenvalue weighted by Gasteiger charge is 2.15. The maximum atomic E-state index is 13.1. The SMILES string of the molecule is COc1ccc(C(=O)Nc2cc(-n3c(C)nc4ccccc4c3=O)ccc2Cl)cc1OC. The highest BCUT2D eigenvalue weighted by molar-refractivity contribution is 6.34. The predicted octanol–water partition coefficient (Wildman–Crippen LogP) is 4.62. The number of hydrogen-bond acceptors (Lipinski definition) is 5. The highest BCUT2D eigenvalue weighted by atomic mass is 35.5. The molecule has 0 fully saturated rings. The molecule has 0 aliphatic carbocycles. The molecule has 162 valence electrons. The van der Waals surface area contributed by atoms with Crippen LogP contribution in [0.15, 0.2) is 65.5 Å². The Morgan fingerprint density at radius 3 is 2.50 bits per heavy atom. The van der Waals surface area contributed by atoms with Crippen LogP contribution in [0, 0.1) is 6.92 Å². The molecule has 1 N–H and O–H groups in total. The third-order valence-electron chi connectivity index (χ3n) is 5.05. The van der Waals surface area contributed by atoms with Crippen molar-refractivity contribution in [3.8, 4) is 17.2 Å². The average Bonchev–Trinajstić information content (AvgIpc) is 2.80. The molecule has 8 heteroatoms. The number of nitrogens with zero attached hydrogens (tertiary/aromatic N) is 2. The molecule has 7 nitrogen and oxygen atoms in total. The molecule has 0 radical (unpaired) electrons. The molecule has 0 bridgehead atoms. The van der Waals surface area contributed by atoms with Gasteiger partial charge in [-0.15, -0.1) is 0 Å². The summed E-state index contributed by atoms with van der Waals surface area (Å²) in [6.45, 7) is 1.75. The van der Waals surface area contributed by atoms with Gasteiger partial charge in [-0.1, -0.05) is 23.7 Å². The first-order chi connectivity index (χ1) is 15.4. The molecule has 1 aromatic heterocycles. The maximum Gasteiger partial charge on any atom is 0.265 e. The van der Waals surface area contributed by atoms with Gasteiger partial charge in [0.15, 0.2) is 11.5 Å². The van der Waals surface area contributed by atoms with Crippen LogP contribution in [0.5, 0.6) is 11.5 Å². The Hall–Kier alpha value is -3.84. The van der Waals surface area contributed by atoms with Crippen LogP contribution in [0.4, 0.5) is 5.69 Å². The van der Waals surface area contributed by atoms with Crippen LogP contribution in [0.2, 0.25) is 5.02 Å². The van der Waals surface area contributed by atoms with E-state index in [1.807, 2.05) is 6.07 Å². The Bertz CT molecular complexity index is 1400. The minimum absolute atomic E-state index is 0.201. The molecule has 32 heavy (non-hydrogen) atoms. The molecule has 1 amide bonds. The summed E-state index contributed by atoms with van der Waals surface area (Å²) in [5, 5.41) is 3.64. The minimum Gasteiger partial charge on any atom is -0.493 e. The zero-order valence-corrected chi connectivity index (χ0v) is 18.4. The molecule has 4 rings (SSSR count). The fraction of sp³-hybridized carbons (Fsp3) is 0.125. The van der Waals surface area contributed by atoms with E-state index in [1.54, 1.807) is 61.5 Å². The van der Waals surface area contributed by atoms with Crippen LogP contribution in [0.3, 0.4) is 0 Å². The van der Waals surface area contributed by atoms with Gasteiger partial charge in [-0.3, -0.25) is 14.2 Å². The van der Waals surface area contributed by atoms with Gasteiger partial charge in [0, 0.05) is 5.56 Å². The molecular weight excluding hydrogens is 430 g/mol.